The Labute approximate surface area is 120 Å². The minimum absolute atomic E-state index is 0.0132. The molecule has 0 fully saturated rings. The van der Waals surface area contributed by atoms with Crippen LogP contribution in [0.3, 0.4) is 0 Å². The van der Waals surface area contributed by atoms with Gasteiger partial charge in [-0.15, -0.1) is 0 Å². The standard InChI is InChI=1S/C16H24N2O2/c1-11(2)7-13(10-17)8-16(20)18-15-6-4-5-14(9-15)12(3)19/h4-6,9,11,13H,7-8,10,17H2,1-3H3,(H,18,20). The number of nitrogens with two attached hydrogens (primary N) is 1. The summed E-state index contributed by atoms with van der Waals surface area (Å²) in [5.41, 5.74) is 6.96. The molecule has 4 nitrogen and oxygen atoms in total. The summed E-state index contributed by atoms with van der Waals surface area (Å²) in [4.78, 5) is 23.3. The molecule has 1 aromatic rings. The third kappa shape index (κ3) is 5.53. The second kappa shape index (κ2) is 7.80. The van der Waals surface area contributed by atoms with Crippen LogP contribution in [0.2, 0.25) is 0 Å². The van der Waals surface area contributed by atoms with E-state index in [9.17, 15) is 9.59 Å². The number of Topliss-reactive ketones (excluding diaryl/α,β-unsaturated/α-hetero) is 1. The minimum Gasteiger partial charge on any atom is -0.330 e. The molecule has 0 bridgehead atoms. The number of anilines is 1. The van der Waals surface area contributed by atoms with E-state index in [4.69, 9.17) is 5.73 Å². The predicted molar refractivity (Wildman–Crippen MR) is 81.7 cm³/mol. The van der Waals surface area contributed by atoms with Crippen LogP contribution in [0, 0.1) is 11.8 Å². The number of ketones is 1. The molecule has 1 rings (SSSR count). The van der Waals surface area contributed by atoms with Crippen molar-refractivity contribution < 1.29 is 9.59 Å². The normalized spacial score (nSPS) is 12.2. The van der Waals surface area contributed by atoms with E-state index in [2.05, 4.69) is 19.2 Å². The van der Waals surface area contributed by atoms with Crippen molar-refractivity contribution in [2.75, 3.05) is 11.9 Å². The van der Waals surface area contributed by atoms with Gasteiger partial charge in [0, 0.05) is 17.7 Å². The second-order valence-electron chi connectivity index (χ2n) is 5.62. The maximum absolute atomic E-state index is 12.0. The van der Waals surface area contributed by atoms with Gasteiger partial charge in [-0.3, -0.25) is 9.59 Å². The van der Waals surface area contributed by atoms with Gasteiger partial charge >= 0.3 is 0 Å². The van der Waals surface area contributed by atoms with Crippen LogP contribution in [0.5, 0.6) is 0 Å². The Morgan fingerprint density at radius 2 is 2.00 bits per heavy atom. The van der Waals surface area contributed by atoms with Crippen LogP contribution in [-0.2, 0) is 4.79 Å². The quantitative estimate of drug-likeness (QED) is 0.752. The summed E-state index contributed by atoms with van der Waals surface area (Å²) in [6.07, 6.45) is 1.36. The highest BCUT2D eigenvalue weighted by Gasteiger charge is 2.14. The zero-order chi connectivity index (χ0) is 15.1. The first-order chi connectivity index (χ1) is 9.42. The molecule has 4 heteroatoms. The van der Waals surface area contributed by atoms with Gasteiger partial charge < -0.3 is 11.1 Å². The summed E-state index contributed by atoms with van der Waals surface area (Å²) in [7, 11) is 0. The van der Waals surface area contributed by atoms with Crippen molar-refractivity contribution in [3.8, 4) is 0 Å². The lowest BCUT2D eigenvalue weighted by molar-refractivity contribution is -0.117. The largest absolute Gasteiger partial charge is 0.330 e. The van der Waals surface area contributed by atoms with Crippen LogP contribution in [0.25, 0.3) is 0 Å². The summed E-state index contributed by atoms with van der Waals surface area (Å²) in [5.74, 6) is 0.658. The number of carbonyl (C=O) groups excluding carboxylic acids is 2. The van der Waals surface area contributed by atoms with E-state index in [1.165, 1.54) is 6.92 Å². The minimum atomic E-state index is -0.0539. The fourth-order valence-corrected chi connectivity index (χ4v) is 2.22. The van der Waals surface area contributed by atoms with Crippen molar-refractivity contribution in [2.24, 2.45) is 17.6 Å². The van der Waals surface area contributed by atoms with Crippen LogP contribution in [0.15, 0.2) is 24.3 Å². The van der Waals surface area contributed by atoms with Gasteiger partial charge in [-0.2, -0.15) is 0 Å². The van der Waals surface area contributed by atoms with Crippen LogP contribution in [-0.4, -0.2) is 18.2 Å². The molecule has 0 aliphatic heterocycles. The van der Waals surface area contributed by atoms with Gasteiger partial charge in [0.25, 0.3) is 0 Å². The lowest BCUT2D eigenvalue weighted by Crippen LogP contribution is -2.23. The number of hydrogen-bond donors (Lipinski definition) is 2. The van der Waals surface area contributed by atoms with Gasteiger partial charge in [0.2, 0.25) is 5.91 Å². The Bertz CT molecular complexity index is 469. The topological polar surface area (TPSA) is 72.2 Å². The molecule has 0 saturated heterocycles. The van der Waals surface area contributed by atoms with Gasteiger partial charge in [-0.1, -0.05) is 26.0 Å². The summed E-state index contributed by atoms with van der Waals surface area (Å²) in [6.45, 7) is 6.26. The zero-order valence-corrected chi connectivity index (χ0v) is 12.5. The molecular weight excluding hydrogens is 252 g/mol. The molecule has 20 heavy (non-hydrogen) atoms. The summed E-state index contributed by atoms with van der Waals surface area (Å²) >= 11 is 0. The average molecular weight is 276 g/mol. The molecule has 1 amide bonds. The molecule has 1 aromatic carbocycles. The maximum atomic E-state index is 12.0. The number of hydrogen-bond acceptors (Lipinski definition) is 3. The van der Waals surface area contributed by atoms with E-state index in [0.29, 0.717) is 30.1 Å². The molecule has 1 unspecified atom stereocenters. The number of amides is 1. The molecule has 0 spiro atoms. The fourth-order valence-electron chi connectivity index (χ4n) is 2.22. The molecule has 3 N–H and O–H groups in total. The first-order valence-electron chi connectivity index (χ1n) is 7.03. The lowest BCUT2D eigenvalue weighted by Gasteiger charge is -2.16. The molecule has 0 aromatic heterocycles. The van der Waals surface area contributed by atoms with Gasteiger partial charge in [0.15, 0.2) is 5.78 Å². The van der Waals surface area contributed by atoms with Crippen molar-refractivity contribution in [3.05, 3.63) is 29.8 Å². The SMILES string of the molecule is CC(=O)c1cccc(NC(=O)CC(CN)CC(C)C)c1. The Morgan fingerprint density at radius 1 is 1.30 bits per heavy atom. The van der Waals surface area contributed by atoms with Crippen molar-refractivity contribution in [2.45, 2.75) is 33.6 Å². The van der Waals surface area contributed by atoms with Crippen molar-refractivity contribution in [3.63, 3.8) is 0 Å². The Morgan fingerprint density at radius 3 is 2.55 bits per heavy atom. The molecule has 110 valence electrons. The first-order valence-corrected chi connectivity index (χ1v) is 7.03. The summed E-state index contributed by atoms with van der Waals surface area (Å²) in [6, 6.07) is 6.98. The summed E-state index contributed by atoms with van der Waals surface area (Å²) < 4.78 is 0. The molecule has 0 aliphatic rings. The van der Waals surface area contributed by atoms with Gasteiger partial charge in [-0.25, -0.2) is 0 Å². The molecule has 1 atom stereocenters. The van der Waals surface area contributed by atoms with Gasteiger partial charge in [-0.05, 0) is 43.9 Å². The van der Waals surface area contributed by atoms with Gasteiger partial charge in [0.05, 0.1) is 0 Å². The monoisotopic (exact) mass is 276 g/mol. The average Bonchev–Trinajstić information content (AvgIpc) is 2.37. The Kier molecular flexibility index (Phi) is 6.39. The van der Waals surface area contributed by atoms with E-state index in [1.54, 1.807) is 24.3 Å². The lowest BCUT2D eigenvalue weighted by atomic mass is 9.94. The molecule has 0 radical (unpaired) electrons. The highest BCUT2D eigenvalue weighted by molar-refractivity contribution is 5.97. The summed E-state index contributed by atoms with van der Waals surface area (Å²) in [5, 5.41) is 2.83. The predicted octanol–water partition coefficient (Wildman–Crippen LogP) is 2.84. The van der Waals surface area contributed by atoms with E-state index >= 15 is 0 Å². The highest BCUT2D eigenvalue weighted by Crippen LogP contribution is 2.16. The Hall–Kier alpha value is -1.68. The number of rotatable bonds is 7. The molecule has 0 aliphatic carbocycles. The first kappa shape index (κ1) is 16.4. The van der Waals surface area contributed by atoms with E-state index in [-0.39, 0.29) is 17.6 Å². The van der Waals surface area contributed by atoms with Crippen molar-refractivity contribution in [1.82, 2.24) is 0 Å². The third-order valence-electron chi connectivity index (χ3n) is 3.16. The van der Waals surface area contributed by atoms with Gasteiger partial charge in [0.1, 0.15) is 0 Å². The van der Waals surface area contributed by atoms with E-state index in [1.807, 2.05) is 0 Å². The van der Waals surface area contributed by atoms with E-state index in [0.717, 1.165) is 6.42 Å². The van der Waals surface area contributed by atoms with Crippen molar-refractivity contribution >= 4 is 17.4 Å². The molecular formula is C16H24N2O2. The van der Waals surface area contributed by atoms with E-state index < -0.39 is 0 Å². The number of carbonyl (C=O) groups is 2. The molecule has 0 saturated carbocycles. The van der Waals surface area contributed by atoms with Crippen LogP contribution in [0.1, 0.15) is 44.0 Å². The maximum Gasteiger partial charge on any atom is 0.224 e. The third-order valence-corrected chi connectivity index (χ3v) is 3.16. The van der Waals surface area contributed by atoms with Crippen LogP contribution >= 0.6 is 0 Å². The molecule has 0 heterocycles. The Balaban J connectivity index is 2.61. The van der Waals surface area contributed by atoms with Crippen LogP contribution in [0.4, 0.5) is 5.69 Å². The zero-order valence-electron chi connectivity index (χ0n) is 12.5. The number of benzene rings is 1. The van der Waals surface area contributed by atoms with Crippen LogP contribution < -0.4 is 11.1 Å². The van der Waals surface area contributed by atoms with Crippen molar-refractivity contribution in [1.29, 1.82) is 0 Å². The fraction of sp³-hybridized carbons (Fsp3) is 0.500. The smallest absolute Gasteiger partial charge is 0.224 e. The highest BCUT2D eigenvalue weighted by atomic mass is 16.1. The number of nitrogens with one attached hydrogen (secondary N) is 1. The second-order valence-corrected chi connectivity index (χ2v) is 5.62.